The van der Waals surface area contributed by atoms with Crippen molar-refractivity contribution in [3.8, 4) is 11.5 Å². The SMILES string of the molecule is COc1cc(CNn2cn[nH]c2=S)cc(Cl)c1OCc1ccccc1F. The summed E-state index contributed by atoms with van der Waals surface area (Å²) < 4.78 is 26.8. The number of nitrogens with zero attached hydrogens (tertiary/aromatic N) is 2. The van der Waals surface area contributed by atoms with Gasteiger partial charge in [-0.1, -0.05) is 29.8 Å². The Morgan fingerprint density at radius 2 is 2.15 bits per heavy atom. The largest absolute Gasteiger partial charge is 0.493 e. The van der Waals surface area contributed by atoms with Crippen LogP contribution in [0.5, 0.6) is 11.5 Å². The summed E-state index contributed by atoms with van der Waals surface area (Å²) in [7, 11) is 1.52. The maximum Gasteiger partial charge on any atom is 0.214 e. The van der Waals surface area contributed by atoms with Crippen LogP contribution in [0.3, 0.4) is 0 Å². The minimum atomic E-state index is -0.333. The van der Waals surface area contributed by atoms with Crippen LogP contribution in [0, 0.1) is 10.6 Å². The zero-order valence-electron chi connectivity index (χ0n) is 13.8. The van der Waals surface area contributed by atoms with Gasteiger partial charge in [-0.15, -0.1) is 0 Å². The smallest absolute Gasteiger partial charge is 0.214 e. The lowest BCUT2D eigenvalue weighted by molar-refractivity contribution is 0.280. The molecule has 6 nitrogen and oxygen atoms in total. The normalized spacial score (nSPS) is 10.6. The fourth-order valence-electron chi connectivity index (χ4n) is 2.32. The van der Waals surface area contributed by atoms with Gasteiger partial charge >= 0.3 is 0 Å². The van der Waals surface area contributed by atoms with Crippen LogP contribution in [0.4, 0.5) is 4.39 Å². The van der Waals surface area contributed by atoms with Crippen LogP contribution in [0.15, 0.2) is 42.7 Å². The Hall–Kier alpha value is -2.58. The second kappa shape index (κ2) is 8.20. The summed E-state index contributed by atoms with van der Waals surface area (Å²) in [5.41, 5.74) is 4.38. The molecule has 136 valence electrons. The number of hydrogen-bond donors (Lipinski definition) is 2. The van der Waals surface area contributed by atoms with E-state index in [1.165, 1.54) is 19.5 Å². The quantitative estimate of drug-likeness (QED) is 0.591. The highest BCUT2D eigenvalue weighted by Gasteiger charge is 2.13. The van der Waals surface area contributed by atoms with E-state index in [0.717, 1.165) is 5.56 Å². The second-order valence-corrected chi connectivity index (χ2v) is 6.15. The van der Waals surface area contributed by atoms with E-state index in [-0.39, 0.29) is 12.4 Å². The lowest BCUT2D eigenvalue weighted by Gasteiger charge is -2.15. The Balaban J connectivity index is 1.75. The minimum Gasteiger partial charge on any atom is -0.493 e. The van der Waals surface area contributed by atoms with E-state index in [2.05, 4.69) is 15.6 Å². The van der Waals surface area contributed by atoms with Crippen molar-refractivity contribution in [1.29, 1.82) is 0 Å². The predicted octanol–water partition coefficient (Wildman–Crippen LogP) is 4.06. The van der Waals surface area contributed by atoms with Crippen molar-refractivity contribution in [3.05, 3.63) is 69.5 Å². The van der Waals surface area contributed by atoms with Crippen molar-refractivity contribution in [1.82, 2.24) is 14.9 Å². The van der Waals surface area contributed by atoms with Gasteiger partial charge < -0.3 is 14.9 Å². The van der Waals surface area contributed by atoms with Crippen LogP contribution < -0.4 is 14.9 Å². The molecule has 3 aromatic rings. The molecule has 0 aliphatic rings. The summed E-state index contributed by atoms with van der Waals surface area (Å²) in [5, 5.41) is 6.85. The molecule has 0 atom stereocenters. The number of halogens is 2. The van der Waals surface area contributed by atoms with E-state index in [9.17, 15) is 4.39 Å². The van der Waals surface area contributed by atoms with Gasteiger partial charge in [0.2, 0.25) is 4.77 Å². The standard InChI is InChI=1S/C17H16ClFN4O2S/c1-24-15-7-11(8-21-23-10-20-22-17(23)26)6-13(18)16(15)25-9-12-4-2-3-5-14(12)19/h2-7,10,21H,8-9H2,1H3,(H,22,26). The van der Waals surface area contributed by atoms with Crippen LogP contribution in [0.2, 0.25) is 5.02 Å². The maximum atomic E-state index is 13.7. The molecule has 2 aromatic carbocycles. The molecule has 0 saturated carbocycles. The van der Waals surface area contributed by atoms with Gasteiger partial charge in [0.25, 0.3) is 0 Å². The van der Waals surface area contributed by atoms with Crippen molar-refractivity contribution in [2.24, 2.45) is 0 Å². The fraction of sp³-hybridized carbons (Fsp3) is 0.176. The predicted molar refractivity (Wildman–Crippen MR) is 99.2 cm³/mol. The first kappa shape index (κ1) is 18.2. The van der Waals surface area contributed by atoms with E-state index in [0.29, 0.717) is 33.4 Å². The lowest BCUT2D eigenvalue weighted by Crippen LogP contribution is -2.13. The molecule has 0 aliphatic carbocycles. The fourth-order valence-corrected chi connectivity index (χ4v) is 2.77. The van der Waals surface area contributed by atoms with Crippen LogP contribution in [-0.4, -0.2) is 22.0 Å². The molecule has 0 unspecified atom stereocenters. The third-order valence-electron chi connectivity index (χ3n) is 3.62. The van der Waals surface area contributed by atoms with Crippen molar-refractivity contribution in [3.63, 3.8) is 0 Å². The Kier molecular flexibility index (Phi) is 5.75. The number of ether oxygens (including phenoxy) is 2. The summed E-state index contributed by atoms with van der Waals surface area (Å²) in [6.45, 7) is 0.488. The van der Waals surface area contributed by atoms with Crippen molar-refractivity contribution >= 4 is 23.8 Å². The molecule has 0 bridgehead atoms. The summed E-state index contributed by atoms with van der Waals surface area (Å²) in [6, 6.07) is 9.95. The monoisotopic (exact) mass is 394 g/mol. The number of rotatable bonds is 7. The highest BCUT2D eigenvalue weighted by molar-refractivity contribution is 7.71. The van der Waals surface area contributed by atoms with Gasteiger partial charge in [0.05, 0.1) is 18.7 Å². The molecule has 0 fully saturated rings. The maximum absolute atomic E-state index is 13.7. The number of aromatic nitrogens is 3. The van der Waals surface area contributed by atoms with Gasteiger partial charge in [0.1, 0.15) is 18.8 Å². The van der Waals surface area contributed by atoms with Gasteiger partial charge in [0.15, 0.2) is 11.5 Å². The number of nitrogens with one attached hydrogen (secondary N) is 2. The zero-order valence-corrected chi connectivity index (χ0v) is 15.4. The molecule has 3 rings (SSSR count). The molecule has 1 heterocycles. The lowest BCUT2D eigenvalue weighted by atomic mass is 10.2. The molecular weight excluding hydrogens is 379 g/mol. The van der Waals surface area contributed by atoms with Gasteiger partial charge in [-0.2, -0.15) is 5.10 Å². The first-order valence-corrected chi connectivity index (χ1v) is 8.45. The number of methoxy groups -OCH3 is 1. The number of H-pyrrole nitrogens is 1. The number of benzene rings is 2. The van der Waals surface area contributed by atoms with E-state index in [1.54, 1.807) is 35.0 Å². The van der Waals surface area contributed by atoms with Crippen LogP contribution in [-0.2, 0) is 13.2 Å². The van der Waals surface area contributed by atoms with E-state index in [4.69, 9.17) is 33.3 Å². The average molecular weight is 395 g/mol. The van der Waals surface area contributed by atoms with Crippen molar-refractivity contribution in [2.45, 2.75) is 13.2 Å². The highest BCUT2D eigenvalue weighted by Crippen LogP contribution is 2.37. The zero-order chi connectivity index (χ0) is 18.5. The average Bonchev–Trinajstić information content (AvgIpc) is 3.04. The third-order valence-corrected chi connectivity index (χ3v) is 4.19. The van der Waals surface area contributed by atoms with Gasteiger partial charge in [-0.25, -0.2) is 9.07 Å². The molecule has 26 heavy (non-hydrogen) atoms. The topological polar surface area (TPSA) is 64.1 Å². The van der Waals surface area contributed by atoms with Gasteiger partial charge in [0, 0.05) is 5.56 Å². The van der Waals surface area contributed by atoms with E-state index >= 15 is 0 Å². The molecule has 1 aromatic heterocycles. The Morgan fingerprint density at radius 1 is 1.35 bits per heavy atom. The van der Waals surface area contributed by atoms with E-state index in [1.807, 2.05) is 0 Å². The molecule has 9 heteroatoms. The molecule has 2 N–H and O–H groups in total. The Bertz CT molecular complexity index is 960. The molecule has 0 amide bonds. The molecule has 0 saturated heterocycles. The van der Waals surface area contributed by atoms with Crippen LogP contribution >= 0.6 is 23.8 Å². The van der Waals surface area contributed by atoms with Crippen molar-refractivity contribution in [2.75, 3.05) is 12.5 Å². The first-order valence-electron chi connectivity index (χ1n) is 7.67. The highest BCUT2D eigenvalue weighted by atomic mass is 35.5. The second-order valence-electron chi connectivity index (χ2n) is 5.36. The molecule has 0 aliphatic heterocycles. The summed E-state index contributed by atoms with van der Waals surface area (Å²) in [4.78, 5) is 0. The number of aromatic amines is 1. The van der Waals surface area contributed by atoms with Gasteiger partial charge in [-0.05, 0) is 36.0 Å². The molecule has 0 spiro atoms. The Morgan fingerprint density at radius 3 is 2.85 bits per heavy atom. The van der Waals surface area contributed by atoms with Gasteiger partial charge in [-0.3, -0.25) is 5.10 Å². The molecule has 0 radical (unpaired) electrons. The number of hydrogen-bond acceptors (Lipinski definition) is 5. The first-order chi connectivity index (χ1) is 12.6. The van der Waals surface area contributed by atoms with Crippen LogP contribution in [0.25, 0.3) is 0 Å². The third kappa shape index (κ3) is 4.14. The summed E-state index contributed by atoms with van der Waals surface area (Å²) >= 11 is 11.4. The summed E-state index contributed by atoms with van der Waals surface area (Å²) in [6.07, 6.45) is 1.53. The van der Waals surface area contributed by atoms with Crippen molar-refractivity contribution < 1.29 is 13.9 Å². The minimum absolute atomic E-state index is 0.0462. The molecular formula is C17H16ClFN4O2S. The Labute approximate surface area is 159 Å². The summed E-state index contributed by atoms with van der Waals surface area (Å²) in [5.74, 6) is 0.489. The van der Waals surface area contributed by atoms with Crippen LogP contribution in [0.1, 0.15) is 11.1 Å². The van der Waals surface area contributed by atoms with E-state index < -0.39 is 0 Å².